The standard InChI is InChI=1S/C23H26N2O2/c1-15-7-5-12-21(16(15)2)25-14-18(13-22(25)26)23(27)24-20-11-6-9-17-8-3-4-10-19(17)20/h3-5,7-8,10,12,18,20H,6,9,11,13-14H2,1-2H3,(H,24,27). The van der Waals surface area contributed by atoms with Crippen LogP contribution in [0.3, 0.4) is 0 Å². The van der Waals surface area contributed by atoms with E-state index in [2.05, 4.69) is 23.5 Å². The second-order valence-corrected chi connectivity index (χ2v) is 7.78. The van der Waals surface area contributed by atoms with Gasteiger partial charge in [0, 0.05) is 18.7 Å². The molecule has 2 atom stereocenters. The first-order chi connectivity index (χ1) is 13.0. The summed E-state index contributed by atoms with van der Waals surface area (Å²) in [4.78, 5) is 27.3. The van der Waals surface area contributed by atoms with E-state index in [1.165, 1.54) is 11.1 Å². The van der Waals surface area contributed by atoms with E-state index in [9.17, 15) is 9.59 Å². The lowest BCUT2D eigenvalue weighted by Crippen LogP contribution is -2.37. The van der Waals surface area contributed by atoms with Crippen LogP contribution >= 0.6 is 0 Å². The number of rotatable bonds is 3. The van der Waals surface area contributed by atoms with Crippen molar-refractivity contribution < 1.29 is 9.59 Å². The van der Waals surface area contributed by atoms with Crippen LogP contribution < -0.4 is 10.2 Å². The molecule has 2 aromatic rings. The van der Waals surface area contributed by atoms with E-state index in [-0.39, 0.29) is 30.2 Å². The lowest BCUT2D eigenvalue weighted by Gasteiger charge is -2.27. The van der Waals surface area contributed by atoms with Gasteiger partial charge in [-0.3, -0.25) is 9.59 Å². The van der Waals surface area contributed by atoms with Gasteiger partial charge in [0.15, 0.2) is 0 Å². The zero-order valence-electron chi connectivity index (χ0n) is 16.0. The molecule has 0 spiro atoms. The van der Waals surface area contributed by atoms with Gasteiger partial charge in [0.1, 0.15) is 0 Å². The quantitative estimate of drug-likeness (QED) is 0.902. The highest BCUT2D eigenvalue weighted by Gasteiger charge is 2.36. The van der Waals surface area contributed by atoms with Crippen LogP contribution in [0.1, 0.15) is 47.6 Å². The van der Waals surface area contributed by atoms with Gasteiger partial charge in [-0.2, -0.15) is 0 Å². The summed E-state index contributed by atoms with van der Waals surface area (Å²) in [5.74, 6) is -0.253. The third-order valence-corrected chi connectivity index (χ3v) is 6.05. The number of hydrogen-bond donors (Lipinski definition) is 1. The summed E-state index contributed by atoms with van der Waals surface area (Å²) in [5, 5.41) is 3.22. The van der Waals surface area contributed by atoms with Crippen LogP contribution in [0.25, 0.3) is 0 Å². The summed E-state index contributed by atoms with van der Waals surface area (Å²) < 4.78 is 0. The SMILES string of the molecule is Cc1cccc(N2CC(C(=O)NC3CCCc4ccccc43)CC2=O)c1C. The number of carbonyl (C=O) groups is 2. The average Bonchev–Trinajstić information content (AvgIpc) is 3.06. The molecule has 27 heavy (non-hydrogen) atoms. The summed E-state index contributed by atoms with van der Waals surface area (Å²) in [5.41, 5.74) is 5.75. The predicted molar refractivity (Wildman–Crippen MR) is 107 cm³/mol. The van der Waals surface area contributed by atoms with Gasteiger partial charge in [0.25, 0.3) is 0 Å². The van der Waals surface area contributed by atoms with Gasteiger partial charge in [-0.25, -0.2) is 0 Å². The van der Waals surface area contributed by atoms with Crippen LogP contribution in [0.5, 0.6) is 0 Å². The molecule has 4 nitrogen and oxygen atoms in total. The number of anilines is 1. The highest BCUT2D eigenvalue weighted by Crippen LogP contribution is 2.32. The molecule has 2 aromatic carbocycles. The Morgan fingerprint density at radius 3 is 2.78 bits per heavy atom. The average molecular weight is 362 g/mol. The molecule has 1 N–H and O–H groups in total. The van der Waals surface area contributed by atoms with E-state index in [1.807, 2.05) is 38.1 Å². The second kappa shape index (κ2) is 7.18. The molecule has 0 bridgehead atoms. The number of amides is 2. The van der Waals surface area contributed by atoms with Crippen LogP contribution in [-0.2, 0) is 16.0 Å². The lowest BCUT2D eigenvalue weighted by atomic mass is 9.87. The van der Waals surface area contributed by atoms with Crippen molar-refractivity contribution in [2.75, 3.05) is 11.4 Å². The van der Waals surface area contributed by atoms with E-state index in [1.54, 1.807) is 4.90 Å². The van der Waals surface area contributed by atoms with E-state index in [0.29, 0.717) is 6.54 Å². The number of hydrogen-bond acceptors (Lipinski definition) is 2. The molecule has 2 aliphatic rings. The first-order valence-electron chi connectivity index (χ1n) is 9.79. The molecular formula is C23H26N2O2. The molecule has 4 rings (SSSR count). The summed E-state index contributed by atoms with van der Waals surface area (Å²) in [7, 11) is 0. The molecule has 1 aliphatic carbocycles. The number of nitrogens with zero attached hydrogens (tertiary/aromatic N) is 1. The zero-order chi connectivity index (χ0) is 19.0. The molecule has 1 saturated heterocycles. The fourth-order valence-electron chi connectivity index (χ4n) is 4.34. The van der Waals surface area contributed by atoms with E-state index < -0.39 is 0 Å². The Balaban J connectivity index is 1.48. The van der Waals surface area contributed by atoms with Crippen LogP contribution in [0.2, 0.25) is 0 Å². The van der Waals surface area contributed by atoms with Gasteiger partial charge in [-0.15, -0.1) is 0 Å². The van der Waals surface area contributed by atoms with Crippen molar-refractivity contribution in [3.05, 3.63) is 64.7 Å². The molecular weight excluding hydrogens is 336 g/mol. The maximum atomic E-state index is 12.9. The monoisotopic (exact) mass is 362 g/mol. The van der Waals surface area contributed by atoms with E-state index >= 15 is 0 Å². The third kappa shape index (κ3) is 3.36. The first-order valence-corrected chi connectivity index (χ1v) is 9.79. The minimum absolute atomic E-state index is 0.00198. The number of aryl methyl sites for hydroxylation is 2. The molecule has 140 valence electrons. The van der Waals surface area contributed by atoms with Gasteiger partial charge in [0.2, 0.25) is 11.8 Å². The molecule has 4 heteroatoms. The molecule has 0 aromatic heterocycles. The third-order valence-electron chi connectivity index (χ3n) is 6.05. The summed E-state index contributed by atoms with van der Waals surface area (Å²) in [6, 6.07) is 14.4. The van der Waals surface area contributed by atoms with Crippen molar-refractivity contribution in [2.24, 2.45) is 5.92 Å². The maximum Gasteiger partial charge on any atom is 0.227 e. The van der Waals surface area contributed by atoms with Crippen molar-refractivity contribution in [1.82, 2.24) is 5.32 Å². The van der Waals surface area contributed by atoms with Crippen LogP contribution in [-0.4, -0.2) is 18.4 Å². The van der Waals surface area contributed by atoms with Crippen molar-refractivity contribution >= 4 is 17.5 Å². The maximum absolute atomic E-state index is 12.9. The van der Waals surface area contributed by atoms with Crippen LogP contribution in [0, 0.1) is 19.8 Å². The van der Waals surface area contributed by atoms with Crippen molar-refractivity contribution in [3.8, 4) is 0 Å². The summed E-state index contributed by atoms with van der Waals surface area (Å²) in [6.45, 7) is 4.54. The largest absolute Gasteiger partial charge is 0.349 e. The van der Waals surface area contributed by atoms with Crippen molar-refractivity contribution in [2.45, 2.75) is 45.6 Å². The normalized spacial score (nSPS) is 21.9. The van der Waals surface area contributed by atoms with Gasteiger partial charge in [-0.05, 0) is 61.4 Å². The van der Waals surface area contributed by atoms with Crippen molar-refractivity contribution in [3.63, 3.8) is 0 Å². The lowest BCUT2D eigenvalue weighted by molar-refractivity contribution is -0.127. The smallest absolute Gasteiger partial charge is 0.227 e. The molecule has 0 radical (unpaired) electrons. The highest BCUT2D eigenvalue weighted by atomic mass is 16.2. The number of benzene rings is 2. The van der Waals surface area contributed by atoms with Gasteiger partial charge in [0.05, 0.1) is 12.0 Å². The Labute approximate surface area is 160 Å². The van der Waals surface area contributed by atoms with Gasteiger partial charge < -0.3 is 10.2 Å². The van der Waals surface area contributed by atoms with Crippen LogP contribution in [0.4, 0.5) is 5.69 Å². The molecule has 1 aliphatic heterocycles. The number of nitrogens with one attached hydrogen (secondary N) is 1. The van der Waals surface area contributed by atoms with Crippen LogP contribution in [0.15, 0.2) is 42.5 Å². The molecule has 0 saturated carbocycles. The zero-order valence-corrected chi connectivity index (χ0v) is 16.0. The van der Waals surface area contributed by atoms with E-state index in [4.69, 9.17) is 0 Å². The minimum Gasteiger partial charge on any atom is -0.349 e. The van der Waals surface area contributed by atoms with E-state index in [0.717, 1.165) is 36.1 Å². The topological polar surface area (TPSA) is 49.4 Å². The Hall–Kier alpha value is -2.62. The van der Waals surface area contributed by atoms with Gasteiger partial charge >= 0.3 is 0 Å². The first kappa shape index (κ1) is 17.8. The minimum atomic E-state index is -0.286. The van der Waals surface area contributed by atoms with Gasteiger partial charge in [-0.1, -0.05) is 36.4 Å². The Morgan fingerprint density at radius 1 is 1.11 bits per heavy atom. The Morgan fingerprint density at radius 2 is 1.93 bits per heavy atom. The Bertz CT molecular complexity index is 890. The molecule has 2 amide bonds. The molecule has 1 heterocycles. The number of fused-ring (bicyclic) bond motifs is 1. The second-order valence-electron chi connectivity index (χ2n) is 7.78. The predicted octanol–water partition coefficient (Wildman–Crippen LogP) is 3.85. The fourth-order valence-corrected chi connectivity index (χ4v) is 4.34. The Kier molecular flexibility index (Phi) is 4.73. The summed E-state index contributed by atoms with van der Waals surface area (Å²) in [6.07, 6.45) is 3.41. The van der Waals surface area contributed by atoms with Crippen molar-refractivity contribution in [1.29, 1.82) is 0 Å². The fraction of sp³-hybridized carbons (Fsp3) is 0.391. The number of carbonyl (C=O) groups excluding carboxylic acids is 2. The molecule has 1 fully saturated rings. The summed E-state index contributed by atoms with van der Waals surface area (Å²) >= 11 is 0. The molecule has 2 unspecified atom stereocenters. The highest BCUT2D eigenvalue weighted by molar-refractivity contribution is 6.01.